The van der Waals surface area contributed by atoms with Crippen LogP contribution in [-0.4, -0.2) is 23.7 Å². The molecular weight excluding hydrogens is 250 g/mol. The summed E-state index contributed by atoms with van der Waals surface area (Å²) in [5.41, 5.74) is 1.30. The van der Waals surface area contributed by atoms with Gasteiger partial charge in [-0.3, -0.25) is 4.79 Å². The third kappa shape index (κ3) is 6.62. The Kier molecular flexibility index (Phi) is 9.33. The number of benzene rings is 1. The number of aryl methyl sites for hydroxylation is 1. The first kappa shape index (κ1) is 16.9. The third-order valence-corrected chi connectivity index (χ3v) is 2.75. The van der Waals surface area contributed by atoms with Crippen LogP contribution >= 0.6 is 12.4 Å². The molecule has 3 nitrogen and oxygen atoms in total. The molecule has 1 aromatic carbocycles. The molecule has 0 radical (unpaired) electrons. The molecule has 0 amide bonds. The highest BCUT2D eigenvalue weighted by Crippen LogP contribution is 2.02. The van der Waals surface area contributed by atoms with Crippen LogP contribution in [-0.2, 0) is 11.2 Å². The normalized spacial score (nSPS) is 11.6. The quantitative estimate of drug-likeness (QED) is 0.715. The van der Waals surface area contributed by atoms with Gasteiger partial charge in [0.15, 0.2) is 0 Å². The lowest BCUT2D eigenvalue weighted by molar-refractivity contribution is -0.139. The molecule has 0 spiro atoms. The zero-order chi connectivity index (χ0) is 12.5. The second kappa shape index (κ2) is 9.92. The Morgan fingerprint density at radius 1 is 1.33 bits per heavy atom. The summed E-state index contributed by atoms with van der Waals surface area (Å²) in [5, 5.41) is 12.0. The Labute approximate surface area is 115 Å². The molecule has 1 rings (SSSR count). The van der Waals surface area contributed by atoms with Crippen molar-refractivity contribution in [2.75, 3.05) is 6.54 Å². The highest BCUT2D eigenvalue weighted by atomic mass is 35.5. The van der Waals surface area contributed by atoms with Gasteiger partial charge in [-0.1, -0.05) is 43.7 Å². The minimum Gasteiger partial charge on any atom is -0.480 e. The van der Waals surface area contributed by atoms with E-state index in [1.54, 1.807) is 0 Å². The first-order valence-electron chi connectivity index (χ1n) is 6.24. The van der Waals surface area contributed by atoms with E-state index in [1.165, 1.54) is 5.56 Å². The highest BCUT2D eigenvalue weighted by Gasteiger charge is 2.14. The molecule has 4 heteroatoms. The molecule has 0 aliphatic carbocycles. The summed E-state index contributed by atoms with van der Waals surface area (Å²) >= 11 is 0. The number of hydrogen-bond donors (Lipinski definition) is 2. The largest absolute Gasteiger partial charge is 0.480 e. The predicted octanol–water partition coefficient (Wildman–Crippen LogP) is 2.88. The van der Waals surface area contributed by atoms with Crippen molar-refractivity contribution in [1.82, 2.24) is 5.32 Å². The topological polar surface area (TPSA) is 49.3 Å². The molecule has 0 aliphatic rings. The first-order chi connectivity index (χ1) is 8.24. The average molecular weight is 272 g/mol. The molecule has 0 saturated carbocycles. The fourth-order valence-electron chi connectivity index (χ4n) is 1.82. The minimum atomic E-state index is -0.744. The van der Waals surface area contributed by atoms with Crippen molar-refractivity contribution < 1.29 is 9.90 Å². The van der Waals surface area contributed by atoms with E-state index < -0.39 is 12.0 Å². The zero-order valence-electron chi connectivity index (χ0n) is 10.8. The Morgan fingerprint density at radius 3 is 2.56 bits per heavy atom. The van der Waals surface area contributed by atoms with Crippen LogP contribution in [0.2, 0.25) is 0 Å². The van der Waals surface area contributed by atoms with Crippen molar-refractivity contribution in [3.63, 3.8) is 0 Å². The summed E-state index contributed by atoms with van der Waals surface area (Å²) in [7, 11) is 0. The molecule has 0 bridgehead atoms. The van der Waals surface area contributed by atoms with E-state index in [1.807, 2.05) is 25.1 Å². The Balaban J connectivity index is 0.00000289. The van der Waals surface area contributed by atoms with E-state index in [0.717, 1.165) is 25.8 Å². The van der Waals surface area contributed by atoms with Gasteiger partial charge in [-0.2, -0.15) is 0 Å². The van der Waals surface area contributed by atoms with Gasteiger partial charge >= 0.3 is 5.97 Å². The van der Waals surface area contributed by atoms with Gasteiger partial charge in [0.2, 0.25) is 0 Å². The number of aliphatic carboxylic acids is 1. The summed E-state index contributed by atoms with van der Waals surface area (Å²) in [6.07, 6.45) is 3.55. The summed E-state index contributed by atoms with van der Waals surface area (Å²) in [6.45, 7) is 2.76. The van der Waals surface area contributed by atoms with E-state index in [9.17, 15) is 4.79 Å². The first-order valence-corrected chi connectivity index (χ1v) is 6.24. The number of carboxylic acids is 1. The van der Waals surface area contributed by atoms with Crippen molar-refractivity contribution in [2.45, 2.75) is 38.6 Å². The van der Waals surface area contributed by atoms with Gasteiger partial charge in [-0.15, -0.1) is 12.4 Å². The molecule has 2 N–H and O–H groups in total. The van der Waals surface area contributed by atoms with Crippen LogP contribution in [0.25, 0.3) is 0 Å². The number of rotatable bonds is 8. The van der Waals surface area contributed by atoms with E-state index in [0.29, 0.717) is 6.42 Å². The van der Waals surface area contributed by atoms with E-state index in [2.05, 4.69) is 17.4 Å². The average Bonchev–Trinajstić information content (AvgIpc) is 2.34. The summed E-state index contributed by atoms with van der Waals surface area (Å²) in [4.78, 5) is 10.9. The molecule has 1 atom stereocenters. The van der Waals surface area contributed by atoms with Crippen LogP contribution < -0.4 is 5.32 Å². The SMILES string of the molecule is CCCC(NCCCc1ccccc1)C(=O)O.Cl. The van der Waals surface area contributed by atoms with Crippen LogP contribution in [0.15, 0.2) is 30.3 Å². The van der Waals surface area contributed by atoms with Crippen molar-refractivity contribution in [2.24, 2.45) is 0 Å². The number of carbonyl (C=O) groups is 1. The van der Waals surface area contributed by atoms with Gasteiger partial charge in [0.1, 0.15) is 6.04 Å². The van der Waals surface area contributed by atoms with Crippen molar-refractivity contribution in [1.29, 1.82) is 0 Å². The van der Waals surface area contributed by atoms with Crippen LogP contribution in [0.5, 0.6) is 0 Å². The summed E-state index contributed by atoms with van der Waals surface area (Å²) in [6, 6.07) is 9.86. The molecule has 18 heavy (non-hydrogen) atoms. The van der Waals surface area contributed by atoms with Crippen molar-refractivity contribution >= 4 is 18.4 Å². The number of hydrogen-bond acceptors (Lipinski definition) is 2. The molecule has 0 heterocycles. The van der Waals surface area contributed by atoms with Gasteiger partial charge in [0.05, 0.1) is 0 Å². The third-order valence-electron chi connectivity index (χ3n) is 2.75. The van der Waals surface area contributed by atoms with Crippen LogP contribution in [0.1, 0.15) is 31.7 Å². The Hall–Kier alpha value is -1.06. The summed E-state index contributed by atoms with van der Waals surface area (Å²) in [5.74, 6) is -0.744. The summed E-state index contributed by atoms with van der Waals surface area (Å²) < 4.78 is 0. The lowest BCUT2D eigenvalue weighted by Gasteiger charge is -2.13. The van der Waals surface area contributed by atoms with E-state index >= 15 is 0 Å². The fraction of sp³-hybridized carbons (Fsp3) is 0.500. The van der Waals surface area contributed by atoms with Crippen molar-refractivity contribution in [3.05, 3.63) is 35.9 Å². The maximum atomic E-state index is 10.9. The van der Waals surface area contributed by atoms with Gasteiger partial charge in [-0.05, 0) is 31.4 Å². The number of halogens is 1. The Bertz CT molecular complexity index is 330. The highest BCUT2D eigenvalue weighted by molar-refractivity contribution is 5.85. The minimum absolute atomic E-state index is 0. The molecule has 0 aliphatic heterocycles. The molecule has 0 fully saturated rings. The van der Waals surface area contributed by atoms with Crippen LogP contribution in [0.4, 0.5) is 0 Å². The smallest absolute Gasteiger partial charge is 0.320 e. The maximum Gasteiger partial charge on any atom is 0.320 e. The number of nitrogens with one attached hydrogen (secondary N) is 1. The van der Waals surface area contributed by atoms with E-state index in [4.69, 9.17) is 5.11 Å². The zero-order valence-corrected chi connectivity index (χ0v) is 11.6. The monoisotopic (exact) mass is 271 g/mol. The molecule has 102 valence electrons. The van der Waals surface area contributed by atoms with Gasteiger partial charge in [-0.25, -0.2) is 0 Å². The molecular formula is C14H22ClNO2. The standard InChI is InChI=1S/C14H21NO2.ClH/c1-2-7-13(14(16)17)15-11-6-10-12-8-4-3-5-9-12;/h3-5,8-9,13,15H,2,6-7,10-11H2,1H3,(H,16,17);1H. The second-order valence-electron chi connectivity index (χ2n) is 4.22. The predicted molar refractivity (Wildman–Crippen MR) is 76.3 cm³/mol. The van der Waals surface area contributed by atoms with Gasteiger partial charge < -0.3 is 10.4 Å². The van der Waals surface area contributed by atoms with Crippen LogP contribution in [0, 0.1) is 0 Å². The van der Waals surface area contributed by atoms with Crippen molar-refractivity contribution in [3.8, 4) is 0 Å². The molecule has 1 unspecified atom stereocenters. The van der Waals surface area contributed by atoms with E-state index in [-0.39, 0.29) is 12.4 Å². The molecule has 1 aromatic rings. The van der Waals surface area contributed by atoms with Crippen LogP contribution in [0.3, 0.4) is 0 Å². The second-order valence-corrected chi connectivity index (χ2v) is 4.22. The van der Waals surface area contributed by atoms with Gasteiger partial charge in [0.25, 0.3) is 0 Å². The van der Waals surface area contributed by atoms with Gasteiger partial charge in [0, 0.05) is 0 Å². The Morgan fingerprint density at radius 2 is 2.00 bits per heavy atom. The molecule has 0 aromatic heterocycles. The lowest BCUT2D eigenvalue weighted by Crippen LogP contribution is -2.37. The molecule has 0 saturated heterocycles. The number of carboxylic acid groups (broad SMARTS) is 1. The fourth-order valence-corrected chi connectivity index (χ4v) is 1.82. The maximum absolute atomic E-state index is 10.9. The lowest BCUT2D eigenvalue weighted by atomic mass is 10.1.